The predicted octanol–water partition coefficient (Wildman–Crippen LogP) is 0.350. The van der Waals surface area contributed by atoms with Crippen molar-refractivity contribution in [1.82, 2.24) is 13.9 Å². The summed E-state index contributed by atoms with van der Waals surface area (Å²) in [5.41, 5.74) is -0.606. The SMILES string of the molecule is O=C(CCn1ccc(=O)[nH]c1=O)Nc1ccc(S(=O)(=O)N2CCCC2)cc1. The summed E-state index contributed by atoms with van der Waals surface area (Å²) in [6.07, 6.45) is 3.09. The number of hydrogen-bond acceptors (Lipinski definition) is 5. The maximum absolute atomic E-state index is 12.5. The van der Waals surface area contributed by atoms with E-state index in [0.717, 1.165) is 12.8 Å². The number of nitrogens with zero attached hydrogens (tertiary/aromatic N) is 2. The molecular formula is C17H20N4O5S. The molecule has 0 spiro atoms. The summed E-state index contributed by atoms with van der Waals surface area (Å²) in [5, 5.41) is 2.66. The largest absolute Gasteiger partial charge is 0.328 e. The third-order valence-corrected chi connectivity index (χ3v) is 6.23. The van der Waals surface area contributed by atoms with Gasteiger partial charge in [-0.15, -0.1) is 0 Å². The first-order valence-corrected chi connectivity index (χ1v) is 10.00. The number of amides is 1. The van der Waals surface area contributed by atoms with Gasteiger partial charge in [-0.05, 0) is 37.1 Å². The summed E-state index contributed by atoms with van der Waals surface area (Å²) >= 11 is 0. The smallest absolute Gasteiger partial charge is 0.326 e. The van der Waals surface area contributed by atoms with E-state index >= 15 is 0 Å². The van der Waals surface area contributed by atoms with Crippen LogP contribution in [-0.4, -0.2) is 41.3 Å². The Morgan fingerprint density at radius 3 is 2.37 bits per heavy atom. The van der Waals surface area contributed by atoms with E-state index in [0.29, 0.717) is 18.8 Å². The van der Waals surface area contributed by atoms with Gasteiger partial charge in [0.1, 0.15) is 0 Å². The zero-order valence-corrected chi connectivity index (χ0v) is 15.4. The third kappa shape index (κ3) is 4.52. The number of H-pyrrole nitrogens is 1. The van der Waals surface area contributed by atoms with Crippen molar-refractivity contribution in [2.75, 3.05) is 18.4 Å². The molecule has 1 saturated heterocycles. The van der Waals surface area contributed by atoms with Gasteiger partial charge in [0.2, 0.25) is 15.9 Å². The quantitative estimate of drug-likeness (QED) is 0.735. The average molecular weight is 392 g/mol. The number of nitrogens with one attached hydrogen (secondary N) is 2. The number of hydrogen-bond donors (Lipinski definition) is 2. The Morgan fingerprint density at radius 1 is 1.07 bits per heavy atom. The summed E-state index contributed by atoms with van der Waals surface area (Å²) < 4.78 is 27.6. The van der Waals surface area contributed by atoms with Crippen molar-refractivity contribution >= 4 is 21.6 Å². The van der Waals surface area contributed by atoms with Crippen LogP contribution in [0.1, 0.15) is 19.3 Å². The van der Waals surface area contributed by atoms with Crippen LogP contribution in [0.25, 0.3) is 0 Å². The molecule has 0 aliphatic carbocycles. The molecule has 1 aromatic carbocycles. The lowest BCUT2D eigenvalue weighted by Crippen LogP contribution is -2.29. The lowest BCUT2D eigenvalue weighted by Gasteiger charge is -2.15. The summed E-state index contributed by atoms with van der Waals surface area (Å²) in [5.74, 6) is -0.330. The molecule has 0 unspecified atom stereocenters. The van der Waals surface area contributed by atoms with E-state index in [9.17, 15) is 22.8 Å². The molecule has 1 aliphatic rings. The maximum Gasteiger partial charge on any atom is 0.328 e. The Hall–Kier alpha value is -2.72. The second kappa shape index (κ2) is 7.89. The zero-order chi connectivity index (χ0) is 19.4. The van der Waals surface area contributed by atoms with Gasteiger partial charge < -0.3 is 9.88 Å². The van der Waals surface area contributed by atoms with Gasteiger partial charge in [0.05, 0.1) is 4.90 Å². The summed E-state index contributed by atoms with van der Waals surface area (Å²) in [4.78, 5) is 36.9. The van der Waals surface area contributed by atoms with Gasteiger partial charge in [-0.3, -0.25) is 14.6 Å². The Morgan fingerprint density at radius 2 is 1.74 bits per heavy atom. The van der Waals surface area contributed by atoms with Gasteiger partial charge in [0.25, 0.3) is 5.56 Å². The number of benzene rings is 1. The third-order valence-electron chi connectivity index (χ3n) is 4.32. The van der Waals surface area contributed by atoms with Crippen molar-refractivity contribution in [2.45, 2.75) is 30.7 Å². The fourth-order valence-electron chi connectivity index (χ4n) is 2.85. The molecule has 1 amide bonds. The van der Waals surface area contributed by atoms with Crippen LogP contribution in [0.5, 0.6) is 0 Å². The number of carbonyl (C=O) groups excluding carboxylic acids is 1. The molecule has 0 bridgehead atoms. The molecule has 144 valence electrons. The molecule has 0 saturated carbocycles. The summed E-state index contributed by atoms with van der Waals surface area (Å²) in [6.45, 7) is 1.18. The van der Waals surface area contributed by atoms with Crippen LogP contribution < -0.4 is 16.6 Å². The summed E-state index contributed by atoms with van der Waals surface area (Å²) in [7, 11) is -3.48. The fourth-order valence-corrected chi connectivity index (χ4v) is 4.37. The molecule has 27 heavy (non-hydrogen) atoms. The molecule has 2 N–H and O–H groups in total. The number of anilines is 1. The van der Waals surface area contributed by atoms with E-state index in [1.807, 2.05) is 0 Å². The Labute approximate surface area is 155 Å². The fraction of sp³-hybridized carbons (Fsp3) is 0.353. The van der Waals surface area contributed by atoms with Gasteiger partial charge in [-0.1, -0.05) is 0 Å². The van der Waals surface area contributed by atoms with Crippen molar-refractivity contribution in [3.05, 3.63) is 57.4 Å². The average Bonchev–Trinajstić information content (AvgIpc) is 3.17. The zero-order valence-electron chi connectivity index (χ0n) is 14.6. The van der Waals surface area contributed by atoms with Gasteiger partial charge in [0, 0.05) is 44.0 Å². The number of aromatic nitrogens is 2. The number of aryl methyl sites for hydroxylation is 1. The highest BCUT2D eigenvalue weighted by atomic mass is 32.2. The molecule has 0 atom stereocenters. The lowest BCUT2D eigenvalue weighted by molar-refractivity contribution is -0.116. The van der Waals surface area contributed by atoms with E-state index in [-0.39, 0.29) is 23.8 Å². The molecule has 1 aliphatic heterocycles. The second-order valence-electron chi connectivity index (χ2n) is 6.24. The lowest BCUT2D eigenvalue weighted by atomic mass is 10.3. The van der Waals surface area contributed by atoms with Crippen LogP contribution in [0.15, 0.2) is 51.0 Å². The number of sulfonamides is 1. The van der Waals surface area contributed by atoms with Gasteiger partial charge in [0.15, 0.2) is 0 Å². The molecule has 10 heteroatoms. The maximum atomic E-state index is 12.5. The van der Waals surface area contributed by atoms with Crippen LogP contribution in [0, 0.1) is 0 Å². The van der Waals surface area contributed by atoms with E-state index in [1.54, 1.807) is 0 Å². The van der Waals surface area contributed by atoms with E-state index in [2.05, 4.69) is 10.3 Å². The molecule has 2 heterocycles. The minimum Gasteiger partial charge on any atom is -0.326 e. The topological polar surface area (TPSA) is 121 Å². The molecular weight excluding hydrogens is 372 g/mol. The van der Waals surface area contributed by atoms with Crippen LogP contribution in [-0.2, 0) is 21.4 Å². The highest BCUT2D eigenvalue weighted by molar-refractivity contribution is 7.89. The Kier molecular flexibility index (Phi) is 5.57. The summed E-state index contributed by atoms with van der Waals surface area (Å²) in [6, 6.07) is 7.21. The normalized spacial score (nSPS) is 15.0. The number of aromatic amines is 1. The van der Waals surface area contributed by atoms with Crippen molar-refractivity contribution in [3.8, 4) is 0 Å². The van der Waals surface area contributed by atoms with Crippen molar-refractivity contribution in [3.63, 3.8) is 0 Å². The highest BCUT2D eigenvalue weighted by Gasteiger charge is 2.26. The highest BCUT2D eigenvalue weighted by Crippen LogP contribution is 2.22. The molecule has 2 aromatic rings. The van der Waals surface area contributed by atoms with Crippen molar-refractivity contribution < 1.29 is 13.2 Å². The van der Waals surface area contributed by atoms with Gasteiger partial charge in [-0.2, -0.15) is 4.31 Å². The molecule has 1 aromatic heterocycles. The Bertz CT molecular complexity index is 1030. The van der Waals surface area contributed by atoms with E-state index in [4.69, 9.17) is 0 Å². The van der Waals surface area contributed by atoms with Crippen LogP contribution in [0.4, 0.5) is 5.69 Å². The number of carbonyl (C=O) groups is 1. The minimum absolute atomic E-state index is 0.0276. The molecule has 9 nitrogen and oxygen atoms in total. The van der Waals surface area contributed by atoms with Gasteiger partial charge in [-0.25, -0.2) is 13.2 Å². The first kappa shape index (κ1) is 19.1. The molecule has 1 fully saturated rings. The van der Waals surface area contributed by atoms with Crippen molar-refractivity contribution in [2.24, 2.45) is 0 Å². The molecule has 3 rings (SSSR count). The van der Waals surface area contributed by atoms with E-state index < -0.39 is 21.3 Å². The van der Waals surface area contributed by atoms with E-state index in [1.165, 1.54) is 45.4 Å². The predicted molar refractivity (Wildman–Crippen MR) is 99.0 cm³/mol. The van der Waals surface area contributed by atoms with Crippen LogP contribution >= 0.6 is 0 Å². The van der Waals surface area contributed by atoms with Crippen LogP contribution in [0.2, 0.25) is 0 Å². The Balaban J connectivity index is 1.60. The number of rotatable bonds is 6. The first-order valence-electron chi connectivity index (χ1n) is 8.56. The van der Waals surface area contributed by atoms with Crippen LogP contribution in [0.3, 0.4) is 0 Å². The van der Waals surface area contributed by atoms with Gasteiger partial charge >= 0.3 is 5.69 Å². The minimum atomic E-state index is -3.48. The van der Waals surface area contributed by atoms with Crippen molar-refractivity contribution in [1.29, 1.82) is 0 Å². The second-order valence-corrected chi connectivity index (χ2v) is 8.18. The standard InChI is InChI=1S/C17H20N4O5S/c22-15(7-11-20-12-8-16(23)19-17(20)24)18-13-3-5-14(6-4-13)27(25,26)21-9-1-2-10-21/h3-6,8,12H,1-2,7,9-11H2,(H,18,22)(H,19,23,24). The first-order chi connectivity index (χ1) is 12.9. The molecule has 0 radical (unpaired) electrons. The monoisotopic (exact) mass is 392 g/mol.